The van der Waals surface area contributed by atoms with Crippen molar-refractivity contribution in [3.8, 4) is 11.5 Å². The molecule has 138 valence electrons. The second-order valence-electron chi connectivity index (χ2n) is 4.92. The number of hydrogen-bond acceptors (Lipinski definition) is 8. The van der Waals surface area contributed by atoms with Crippen molar-refractivity contribution in [3.63, 3.8) is 0 Å². The van der Waals surface area contributed by atoms with Gasteiger partial charge in [0, 0.05) is 23.9 Å². The minimum Gasteiger partial charge on any atom is -0.497 e. The summed E-state index contributed by atoms with van der Waals surface area (Å²) in [6.45, 7) is -0.674. The Kier molecular flexibility index (Phi) is 5.63. The Bertz CT molecular complexity index is 925. The van der Waals surface area contributed by atoms with E-state index in [1.54, 1.807) is 6.07 Å². The minimum absolute atomic E-state index is 0.353. The molecule has 5 N–H and O–H groups in total. The van der Waals surface area contributed by atoms with Crippen LogP contribution in [0.4, 0.5) is 11.4 Å². The zero-order valence-electron chi connectivity index (χ0n) is 13.9. The SMILES string of the molecule is COc1cc(NC(=O)COC(=O)c2[nH]c(=O)[nH]c(=O)c2N)cc(OC)c1. The number of nitrogens with two attached hydrogens (primary N) is 1. The number of amides is 1. The lowest BCUT2D eigenvalue weighted by molar-refractivity contribution is -0.119. The Balaban J connectivity index is 2.04. The fraction of sp³-hybridized carbons (Fsp3) is 0.200. The smallest absolute Gasteiger partial charge is 0.357 e. The second-order valence-corrected chi connectivity index (χ2v) is 4.92. The van der Waals surface area contributed by atoms with E-state index in [2.05, 4.69) is 5.32 Å². The van der Waals surface area contributed by atoms with Gasteiger partial charge in [0.15, 0.2) is 12.3 Å². The molecule has 0 saturated heterocycles. The van der Waals surface area contributed by atoms with Gasteiger partial charge in [0.05, 0.1) is 14.2 Å². The molecule has 1 amide bonds. The number of benzene rings is 1. The van der Waals surface area contributed by atoms with Crippen molar-refractivity contribution in [3.05, 3.63) is 44.7 Å². The molecule has 1 aromatic carbocycles. The predicted molar refractivity (Wildman–Crippen MR) is 90.6 cm³/mol. The van der Waals surface area contributed by atoms with Gasteiger partial charge in [-0.1, -0.05) is 0 Å². The molecule has 0 unspecified atom stereocenters. The van der Waals surface area contributed by atoms with Crippen LogP contribution in [0.2, 0.25) is 0 Å². The lowest BCUT2D eigenvalue weighted by atomic mass is 10.2. The molecule has 2 aromatic rings. The fourth-order valence-electron chi connectivity index (χ4n) is 1.94. The summed E-state index contributed by atoms with van der Waals surface area (Å²) < 4.78 is 14.9. The molecule has 26 heavy (non-hydrogen) atoms. The van der Waals surface area contributed by atoms with Crippen LogP contribution in [0.3, 0.4) is 0 Å². The van der Waals surface area contributed by atoms with E-state index in [0.717, 1.165) is 0 Å². The normalized spacial score (nSPS) is 10.1. The maximum absolute atomic E-state index is 11.9. The topological polar surface area (TPSA) is 166 Å². The Morgan fingerprint density at radius 1 is 1.08 bits per heavy atom. The fourth-order valence-corrected chi connectivity index (χ4v) is 1.94. The molecule has 0 radical (unpaired) electrons. The molecule has 0 aliphatic heterocycles. The van der Waals surface area contributed by atoms with E-state index >= 15 is 0 Å². The number of rotatable bonds is 6. The number of anilines is 2. The third kappa shape index (κ3) is 4.41. The Morgan fingerprint density at radius 3 is 2.27 bits per heavy atom. The molecule has 11 nitrogen and oxygen atoms in total. The number of ether oxygens (including phenoxy) is 3. The number of nitrogens with one attached hydrogen (secondary N) is 3. The third-order valence-corrected chi connectivity index (χ3v) is 3.15. The molecular formula is C15H16N4O7. The highest BCUT2D eigenvalue weighted by Crippen LogP contribution is 2.25. The molecule has 0 aliphatic rings. The summed E-state index contributed by atoms with van der Waals surface area (Å²) in [5, 5.41) is 2.49. The van der Waals surface area contributed by atoms with Crippen molar-refractivity contribution >= 4 is 23.3 Å². The third-order valence-electron chi connectivity index (χ3n) is 3.15. The molecule has 0 fully saturated rings. The second kappa shape index (κ2) is 7.88. The first kappa shape index (κ1) is 18.6. The first-order valence-corrected chi connectivity index (χ1v) is 7.16. The quantitative estimate of drug-likeness (QED) is 0.496. The van der Waals surface area contributed by atoms with E-state index in [9.17, 15) is 19.2 Å². The maximum atomic E-state index is 11.9. The lowest BCUT2D eigenvalue weighted by Crippen LogP contribution is -2.30. The van der Waals surface area contributed by atoms with Crippen LogP contribution in [0.5, 0.6) is 11.5 Å². The Hall–Kier alpha value is -3.76. The maximum Gasteiger partial charge on any atom is 0.357 e. The van der Waals surface area contributed by atoms with Gasteiger partial charge in [0.25, 0.3) is 11.5 Å². The largest absolute Gasteiger partial charge is 0.497 e. The van der Waals surface area contributed by atoms with E-state index in [1.807, 2.05) is 9.97 Å². The van der Waals surface area contributed by atoms with Crippen LogP contribution in [0, 0.1) is 0 Å². The zero-order chi connectivity index (χ0) is 19.3. The molecule has 0 saturated carbocycles. The highest BCUT2D eigenvalue weighted by molar-refractivity contribution is 5.96. The van der Waals surface area contributed by atoms with Crippen molar-refractivity contribution in [1.82, 2.24) is 9.97 Å². The van der Waals surface area contributed by atoms with Crippen LogP contribution in [0.1, 0.15) is 10.5 Å². The molecule has 0 aliphatic carbocycles. The number of H-pyrrole nitrogens is 2. The summed E-state index contributed by atoms with van der Waals surface area (Å²) >= 11 is 0. The number of carbonyl (C=O) groups is 2. The molecular weight excluding hydrogens is 348 g/mol. The van der Waals surface area contributed by atoms with Gasteiger partial charge in [-0.05, 0) is 0 Å². The number of methoxy groups -OCH3 is 2. The lowest BCUT2D eigenvalue weighted by Gasteiger charge is -2.10. The van der Waals surface area contributed by atoms with E-state index in [0.29, 0.717) is 17.2 Å². The van der Waals surface area contributed by atoms with Gasteiger partial charge in [-0.25, -0.2) is 9.59 Å². The summed E-state index contributed by atoms with van der Waals surface area (Å²) in [5.41, 5.74) is 2.84. The predicted octanol–water partition coefficient (Wildman–Crippen LogP) is -0.542. The van der Waals surface area contributed by atoms with Crippen molar-refractivity contribution < 1.29 is 23.8 Å². The number of carbonyl (C=O) groups excluding carboxylic acids is 2. The van der Waals surface area contributed by atoms with Crippen molar-refractivity contribution in [2.75, 3.05) is 31.9 Å². The molecule has 2 rings (SSSR count). The number of aromatic nitrogens is 2. The van der Waals surface area contributed by atoms with Crippen molar-refractivity contribution in [2.24, 2.45) is 0 Å². The Morgan fingerprint density at radius 2 is 1.69 bits per heavy atom. The summed E-state index contributed by atoms with van der Waals surface area (Å²) in [5.74, 6) is -0.889. The first-order valence-electron chi connectivity index (χ1n) is 7.16. The van der Waals surface area contributed by atoms with Gasteiger partial charge in [-0.3, -0.25) is 19.6 Å². The van der Waals surface area contributed by atoms with Gasteiger partial charge in [0.2, 0.25) is 0 Å². The van der Waals surface area contributed by atoms with Crippen LogP contribution in [-0.4, -0.2) is 42.7 Å². The summed E-state index contributed by atoms with van der Waals surface area (Å²) in [6, 6.07) is 4.69. The van der Waals surface area contributed by atoms with Crippen molar-refractivity contribution in [1.29, 1.82) is 0 Å². The number of hydrogen-bond donors (Lipinski definition) is 4. The zero-order valence-corrected chi connectivity index (χ0v) is 13.9. The average Bonchev–Trinajstić information content (AvgIpc) is 2.62. The number of esters is 1. The van der Waals surface area contributed by atoms with Crippen LogP contribution < -0.4 is 31.8 Å². The summed E-state index contributed by atoms with van der Waals surface area (Å²) in [4.78, 5) is 50.2. The highest BCUT2D eigenvalue weighted by atomic mass is 16.5. The standard InChI is InChI=1S/C15H16N4O7/c1-24-8-3-7(4-9(5-8)25-2)17-10(20)6-26-14(22)12-11(16)13(21)19-15(23)18-12/h3-5H,6,16H2,1-2H3,(H,17,20)(H2,18,19,21,23). The van der Waals surface area contributed by atoms with E-state index in [-0.39, 0.29) is 0 Å². The van der Waals surface area contributed by atoms with Gasteiger partial charge in [-0.2, -0.15) is 0 Å². The summed E-state index contributed by atoms with van der Waals surface area (Å²) in [7, 11) is 2.91. The minimum atomic E-state index is -1.12. The number of nitrogen functional groups attached to an aromatic ring is 1. The monoisotopic (exact) mass is 364 g/mol. The van der Waals surface area contributed by atoms with Crippen LogP contribution in [-0.2, 0) is 9.53 Å². The van der Waals surface area contributed by atoms with Gasteiger partial charge in [0.1, 0.15) is 17.2 Å². The van der Waals surface area contributed by atoms with Crippen LogP contribution in [0.25, 0.3) is 0 Å². The molecule has 0 spiro atoms. The van der Waals surface area contributed by atoms with Crippen LogP contribution >= 0.6 is 0 Å². The van der Waals surface area contributed by atoms with E-state index < -0.39 is 41.1 Å². The molecule has 11 heteroatoms. The molecule has 1 heterocycles. The van der Waals surface area contributed by atoms with Crippen molar-refractivity contribution in [2.45, 2.75) is 0 Å². The molecule has 0 bridgehead atoms. The number of aromatic amines is 2. The van der Waals surface area contributed by atoms with E-state index in [4.69, 9.17) is 19.9 Å². The summed E-state index contributed by atoms with van der Waals surface area (Å²) in [6.07, 6.45) is 0. The highest BCUT2D eigenvalue weighted by Gasteiger charge is 2.17. The molecule has 1 aromatic heterocycles. The average molecular weight is 364 g/mol. The van der Waals surface area contributed by atoms with Gasteiger partial charge in [-0.15, -0.1) is 0 Å². The van der Waals surface area contributed by atoms with E-state index in [1.165, 1.54) is 26.4 Å². The van der Waals surface area contributed by atoms with Gasteiger partial charge >= 0.3 is 11.7 Å². The molecule has 0 atom stereocenters. The Labute approximate surface area is 146 Å². The van der Waals surface area contributed by atoms with Gasteiger partial charge < -0.3 is 25.3 Å². The van der Waals surface area contributed by atoms with Crippen LogP contribution in [0.15, 0.2) is 27.8 Å². The first-order chi connectivity index (χ1) is 12.3.